The van der Waals surface area contributed by atoms with Crippen molar-refractivity contribution < 1.29 is 26.3 Å². The summed E-state index contributed by atoms with van der Waals surface area (Å²) in [4.78, 5) is 3.46. The highest BCUT2D eigenvalue weighted by Gasteiger charge is 2.56. The molecule has 0 atom stereocenters. The van der Waals surface area contributed by atoms with Crippen molar-refractivity contribution in [2.45, 2.75) is 18.5 Å². The van der Waals surface area contributed by atoms with Gasteiger partial charge in [0, 0.05) is 18.5 Å². The Morgan fingerprint density at radius 2 is 1.82 bits per heavy atom. The minimum absolute atomic E-state index is 0.317. The van der Waals surface area contributed by atoms with Gasteiger partial charge in [0.2, 0.25) is 0 Å². The highest BCUT2D eigenvalue weighted by Crippen LogP contribution is 2.37. The molecule has 0 unspecified atom stereocenters. The van der Waals surface area contributed by atoms with Gasteiger partial charge in [-0.3, -0.25) is 10.8 Å². The monoisotopic (exact) mass is 327 g/mol. The average Bonchev–Trinajstić information content (AvgIpc) is 2.38. The van der Waals surface area contributed by atoms with Crippen molar-refractivity contribution in [2.24, 2.45) is 5.73 Å². The van der Waals surface area contributed by atoms with Gasteiger partial charge in [0.05, 0.1) is 6.20 Å². The van der Waals surface area contributed by atoms with Crippen LogP contribution in [0.15, 0.2) is 12.3 Å². The van der Waals surface area contributed by atoms with Gasteiger partial charge in [-0.15, -0.1) is 0 Å². The molecule has 22 heavy (non-hydrogen) atoms. The van der Waals surface area contributed by atoms with E-state index in [1.165, 1.54) is 0 Å². The van der Waals surface area contributed by atoms with E-state index in [1.54, 1.807) is 0 Å². The van der Waals surface area contributed by atoms with Crippen LogP contribution in [-0.4, -0.2) is 35.2 Å². The molecule has 0 aliphatic carbocycles. The Bertz CT molecular complexity index is 583. The Balaban J connectivity index is 2.87. The predicted molar refractivity (Wildman–Crippen MR) is 67.0 cm³/mol. The topological polar surface area (TPSA) is 98.6 Å². The summed E-state index contributed by atoms with van der Waals surface area (Å²) in [6.45, 7) is -0.830. The molecule has 0 saturated heterocycles. The van der Waals surface area contributed by atoms with Crippen LogP contribution in [0.1, 0.15) is 12.0 Å². The number of nitrogens with zero attached hydrogens (tertiary/aromatic N) is 1. The molecule has 0 aliphatic heterocycles. The number of nitrogens with one attached hydrogen (secondary N) is 3. The lowest BCUT2D eigenvalue weighted by Crippen LogP contribution is -2.38. The van der Waals surface area contributed by atoms with Crippen molar-refractivity contribution in [3.8, 4) is 0 Å². The molecule has 0 saturated carbocycles. The van der Waals surface area contributed by atoms with Crippen molar-refractivity contribution in [3.05, 3.63) is 23.6 Å². The molecule has 0 aromatic carbocycles. The first kappa shape index (κ1) is 17.7. The summed E-state index contributed by atoms with van der Waals surface area (Å²) in [6, 6.07) is 0.765. The van der Waals surface area contributed by atoms with Crippen molar-refractivity contribution in [2.75, 3.05) is 11.9 Å². The summed E-state index contributed by atoms with van der Waals surface area (Å²) in [7, 11) is 0. The summed E-state index contributed by atoms with van der Waals surface area (Å²) in [5, 5.41) is 16.7. The van der Waals surface area contributed by atoms with Crippen LogP contribution in [0.4, 0.5) is 32.2 Å². The minimum atomic E-state index is -5.68. The molecule has 5 N–H and O–H groups in total. The zero-order chi connectivity index (χ0) is 17.1. The number of alkyl halides is 5. The van der Waals surface area contributed by atoms with Crippen LogP contribution in [0.3, 0.4) is 0 Å². The van der Waals surface area contributed by atoms with Gasteiger partial charge in [-0.2, -0.15) is 22.0 Å². The van der Waals surface area contributed by atoms with E-state index in [0.717, 1.165) is 6.07 Å². The molecular weight excluding hydrogens is 316 g/mol. The van der Waals surface area contributed by atoms with Gasteiger partial charge in [0.1, 0.15) is 23.2 Å². The SMILES string of the molecule is N=C(N)C(=N)c1cc(F)cnc1NCCC(F)(F)C(F)(F)F. The third-order valence-electron chi connectivity index (χ3n) is 2.54. The van der Waals surface area contributed by atoms with Gasteiger partial charge in [-0.05, 0) is 6.07 Å². The molecule has 122 valence electrons. The van der Waals surface area contributed by atoms with Crippen molar-refractivity contribution >= 4 is 17.4 Å². The summed E-state index contributed by atoms with van der Waals surface area (Å²) in [5.74, 6) is -6.84. The number of amidine groups is 1. The normalized spacial score (nSPS) is 12.1. The number of halogens is 6. The van der Waals surface area contributed by atoms with E-state index in [0.29, 0.717) is 6.20 Å². The zero-order valence-electron chi connectivity index (χ0n) is 10.9. The summed E-state index contributed by atoms with van der Waals surface area (Å²) in [5.41, 5.74) is 4.10. The van der Waals surface area contributed by atoms with Crippen molar-refractivity contribution in [3.63, 3.8) is 0 Å². The second kappa shape index (κ2) is 6.20. The van der Waals surface area contributed by atoms with E-state index in [-0.39, 0.29) is 11.4 Å². The Morgan fingerprint density at radius 1 is 1.23 bits per heavy atom. The lowest BCUT2D eigenvalue weighted by molar-refractivity contribution is -0.283. The average molecular weight is 327 g/mol. The fourth-order valence-corrected chi connectivity index (χ4v) is 1.40. The quantitative estimate of drug-likeness (QED) is 0.367. The maximum atomic E-state index is 13.1. The van der Waals surface area contributed by atoms with Crippen LogP contribution < -0.4 is 11.1 Å². The van der Waals surface area contributed by atoms with E-state index in [4.69, 9.17) is 16.6 Å². The Hall–Kier alpha value is -2.33. The van der Waals surface area contributed by atoms with Crippen LogP contribution in [0.2, 0.25) is 0 Å². The van der Waals surface area contributed by atoms with Crippen LogP contribution in [-0.2, 0) is 0 Å². The molecule has 0 aliphatic rings. The van der Waals surface area contributed by atoms with E-state index in [2.05, 4.69) is 10.3 Å². The summed E-state index contributed by atoms with van der Waals surface area (Å²) < 4.78 is 74.6. The molecule has 0 radical (unpaired) electrons. The molecule has 1 rings (SSSR count). The smallest absolute Gasteiger partial charge is 0.382 e. The summed E-state index contributed by atoms with van der Waals surface area (Å²) in [6.07, 6.45) is -6.57. The first-order valence-corrected chi connectivity index (χ1v) is 5.73. The highest BCUT2D eigenvalue weighted by atomic mass is 19.4. The highest BCUT2D eigenvalue weighted by molar-refractivity contribution is 6.45. The summed E-state index contributed by atoms with van der Waals surface area (Å²) >= 11 is 0. The number of rotatable bonds is 6. The van der Waals surface area contributed by atoms with E-state index >= 15 is 0 Å². The second-order valence-corrected chi connectivity index (χ2v) is 4.22. The predicted octanol–water partition coefficient (Wildman–Crippen LogP) is 2.52. The number of anilines is 1. The fraction of sp³-hybridized carbons (Fsp3) is 0.364. The van der Waals surface area contributed by atoms with Crippen molar-refractivity contribution in [1.29, 1.82) is 10.8 Å². The molecule has 1 aromatic heterocycles. The first-order chi connectivity index (χ1) is 9.95. The van der Waals surface area contributed by atoms with Gasteiger partial charge >= 0.3 is 12.1 Å². The molecular formula is C11H11F6N5. The van der Waals surface area contributed by atoms with Gasteiger partial charge in [-0.25, -0.2) is 9.37 Å². The third kappa shape index (κ3) is 4.09. The number of hydrogen-bond donors (Lipinski definition) is 4. The number of pyridine rings is 1. The fourth-order valence-electron chi connectivity index (χ4n) is 1.40. The standard InChI is InChI=1S/C11H11F6N5/c12-5-3-6(7(18)8(19)20)9(22-4-5)21-2-1-10(13,14)11(15,16)17/h3-4,18H,1-2H2,(H3,19,20)(H,21,22). The number of aromatic nitrogens is 1. The Labute approximate surface area is 120 Å². The molecule has 5 nitrogen and oxygen atoms in total. The zero-order valence-corrected chi connectivity index (χ0v) is 10.9. The minimum Gasteiger partial charge on any atom is -0.382 e. The van der Waals surface area contributed by atoms with E-state index in [9.17, 15) is 26.3 Å². The molecule has 0 bridgehead atoms. The van der Waals surface area contributed by atoms with Gasteiger partial charge < -0.3 is 11.1 Å². The molecule has 11 heteroatoms. The van der Waals surface area contributed by atoms with Crippen LogP contribution >= 0.6 is 0 Å². The Morgan fingerprint density at radius 3 is 2.32 bits per heavy atom. The van der Waals surface area contributed by atoms with Crippen molar-refractivity contribution in [1.82, 2.24) is 4.98 Å². The molecule has 0 amide bonds. The van der Waals surface area contributed by atoms with Crippen LogP contribution in [0, 0.1) is 16.6 Å². The lowest BCUT2D eigenvalue weighted by Gasteiger charge is -2.20. The molecule has 1 heterocycles. The first-order valence-electron chi connectivity index (χ1n) is 5.73. The second-order valence-electron chi connectivity index (χ2n) is 4.22. The van der Waals surface area contributed by atoms with Gasteiger partial charge in [-0.1, -0.05) is 0 Å². The van der Waals surface area contributed by atoms with Gasteiger partial charge in [0.15, 0.2) is 0 Å². The molecule has 0 fully saturated rings. The van der Waals surface area contributed by atoms with E-state index < -0.39 is 42.4 Å². The van der Waals surface area contributed by atoms with E-state index in [1.807, 2.05) is 0 Å². The van der Waals surface area contributed by atoms with Gasteiger partial charge in [0.25, 0.3) is 0 Å². The third-order valence-corrected chi connectivity index (χ3v) is 2.54. The van der Waals surface area contributed by atoms with Crippen LogP contribution in [0.25, 0.3) is 0 Å². The number of nitrogens with two attached hydrogens (primary N) is 1. The lowest BCUT2D eigenvalue weighted by atomic mass is 10.1. The Kier molecular flexibility index (Phi) is 4.99. The van der Waals surface area contributed by atoms with Crippen LogP contribution in [0.5, 0.6) is 0 Å². The molecule has 1 aromatic rings. The maximum absolute atomic E-state index is 13.1. The number of hydrogen-bond acceptors (Lipinski definition) is 4. The largest absolute Gasteiger partial charge is 0.453 e. The maximum Gasteiger partial charge on any atom is 0.453 e. The molecule has 0 spiro atoms.